The molecule has 1 aromatic rings. The van der Waals surface area contributed by atoms with E-state index in [9.17, 15) is 0 Å². The first-order valence-corrected chi connectivity index (χ1v) is 7.04. The van der Waals surface area contributed by atoms with Crippen LogP contribution in [0.25, 0.3) is 0 Å². The maximum atomic E-state index is 4.09. The van der Waals surface area contributed by atoms with Crippen molar-refractivity contribution in [2.45, 2.75) is 44.6 Å². The third-order valence-corrected chi connectivity index (χ3v) is 4.31. The lowest BCUT2D eigenvalue weighted by Gasteiger charge is -2.20. The largest absolute Gasteiger partial charge is 0.314 e. The van der Waals surface area contributed by atoms with Crippen molar-refractivity contribution < 1.29 is 0 Å². The standard InChI is InChI=1S/C15H22N2/c1-2-13(10-12-6-8-16-9-7-12)14(3-1)11-17-15-4-5-15/h6-9,13-15,17H,1-5,10-11H2. The Morgan fingerprint density at radius 3 is 2.59 bits per heavy atom. The first-order chi connectivity index (χ1) is 8.42. The van der Waals surface area contributed by atoms with Gasteiger partial charge in [-0.15, -0.1) is 0 Å². The normalized spacial score (nSPS) is 28.5. The number of nitrogens with one attached hydrogen (secondary N) is 1. The van der Waals surface area contributed by atoms with Crippen LogP contribution in [0.3, 0.4) is 0 Å². The van der Waals surface area contributed by atoms with Gasteiger partial charge in [0.15, 0.2) is 0 Å². The molecule has 2 heteroatoms. The van der Waals surface area contributed by atoms with Gasteiger partial charge in [0.25, 0.3) is 0 Å². The molecular formula is C15H22N2. The van der Waals surface area contributed by atoms with Gasteiger partial charge in [0.1, 0.15) is 0 Å². The Morgan fingerprint density at radius 2 is 1.82 bits per heavy atom. The number of pyridine rings is 1. The quantitative estimate of drug-likeness (QED) is 0.841. The lowest BCUT2D eigenvalue weighted by atomic mass is 9.90. The molecule has 0 saturated heterocycles. The van der Waals surface area contributed by atoms with Crippen molar-refractivity contribution >= 4 is 0 Å². The summed E-state index contributed by atoms with van der Waals surface area (Å²) in [6, 6.07) is 5.20. The topological polar surface area (TPSA) is 24.9 Å². The fourth-order valence-corrected chi connectivity index (χ4v) is 3.08. The van der Waals surface area contributed by atoms with Gasteiger partial charge >= 0.3 is 0 Å². The summed E-state index contributed by atoms with van der Waals surface area (Å²) in [5, 5.41) is 3.70. The number of nitrogens with zero attached hydrogens (tertiary/aromatic N) is 1. The van der Waals surface area contributed by atoms with Crippen LogP contribution in [0.4, 0.5) is 0 Å². The predicted molar refractivity (Wildman–Crippen MR) is 69.8 cm³/mol. The minimum atomic E-state index is 0.858. The fourth-order valence-electron chi connectivity index (χ4n) is 3.08. The lowest BCUT2D eigenvalue weighted by molar-refractivity contribution is 0.364. The Morgan fingerprint density at radius 1 is 1.06 bits per heavy atom. The van der Waals surface area contributed by atoms with Gasteiger partial charge < -0.3 is 5.32 Å². The molecule has 2 aliphatic rings. The van der Waals surface area contributed by atoms with Crippen LogP contribution in [0.5, 0.6) is 0 Å². The van der Waals surface area contributed by atoms with Gasteiger partial charge in [-0.3, -0.25) is 4.98 Å². The van der Waals surface area contributed by atoms with E-state index >= 15 is 0 Å². The van der Waals surface area contributed by atoms with Crippen molar-refractivity contribution in [3.8, 4) is 0 Å². The molecule has 0 radical (unpaired) electrons. The van der Waals surface area contributed by atoms with Gasteiger partial charge in [-0.05, 0) is 68.2 Å². The van der Waals surface area contributed by atoms with Crippen molar-refractivity contribution in [3.05, 3.63) is 30.1 Å². The minimum absolute atomic E-state index is 0.858. The van der Waals surface area contributed by atoms with Crippen LogP contribution in [0.15, 0.2) is 24.5 Å². The second kappa shape index (κ2) is 5.18. The zero-order chi connectivity index (χ0) is 11.5. The zero-order valence-electron chi connectivity index (χ0n) is 10.4. The van der Waals surface area contributed by atoms with Crippen LogP contribution in [-0.4, -0.2) is 17.6 Å². The summed E-state index contributed by atoms with van der Waals surface area (Å²) < 4.78 is 0. The first-order valence-electron chi connectivity index (χ1n) is 7.04. The zero-order valence-corrected chi connectivity index (χ0v) is 10.4. The van der Waals surface area contributed by atoms with Crippen LogP contribution < -0.4 is 5.32 Å². The second-order valence-corrected chi connectivity index (χ2v) is 5.69. The van der Waals surface area contributed by atoms with E-state index in [0.29, 0.717) is 0 Å². The van der Waals surface area contributed by atoms with Crippen molar-refractivity contribution in [2.75, 3.05) is 6.54 Å². The van der Waals surface area contributed by atoms with Crippen molar-refractivity contribution in [1.82, 2.24) is 10.3 Å². The summed E-state index contributed by atoms with van der Waals surface area (Å²) in [4.78, 5) is 4.09. The highest BCUT2D eigenvalue weighted by molar-refractivity contribution is 5.11. The molecule has 2 saturated carbocycles. The van der Waals surface area contributed by atoms with E-state index in [0.717, 1.165) is 17.9 Å². The van der Waals surface area contributed by atoms with Crippen molar-refractivity contribution in [1.29, 1.82) is 0 Å². The van der Waals surface area contributed by atoms with Gasteiger partial charge in [0.05, 0.1) is 0 Å². The van der Waals surface area contributed by atoms with E-state index in [2.05, 4.69) is 22.4 Å². The number of rotatable bonds is 5. The minimum Gasteiger partial charge on any atom is -0.314 e. The maximum Gasteiger partial charge on any atom is 0.0270 e. The summed E-state index contributed by atoms with van der Waals surface area (Å²) in [5.74, 6) is 1.80. The molecule has 2 atom stereocenters. The lowest BCUT2D eigenvalue weighted by Crippen LogP contribution is -2.27. The Bertz CT molecular complexity index is 345. The molecule has 1 heterocycles. The third-order valence-electron chi connectivity index (χ3n) is 4.31. The molecule has 3 rings (SSSR count). The van der Waals surface area contributed by atoms with E-state index < -0.39 is 0 Å². The Labute approximate surface area is 104 Å². The molecule has 92 valence electrons. The summed E-state index contributed by atoms with van der Waals surface area (Å²) in [7, 11) is 0. The van der Waals surface area contributed by atoms with E-state index in [-0.39, 0.29) is 0 Å². The smallest absolute Gasteiger partial charge is 0.0270 e. The van der Waals surface area contributed by atoms with E-state index in [1.54, 1.807) is 0 Å². The van der Waals surface area contributed by atoms with Crippen LogP contribution in [-0.2, 0) is 6.42 Å². The Balaban J connectivity index is 1.53. The first kappa shape index (κ1) is 11.2. The molecule has 2 nitrogen and oxygen atoms in total. The van der Waals surface area contributed by atoms with E-state index in [4.69, 9.17) is 0 Å². The molecule has 0 amide bonds. The van der Waals surface area contributed by atoms with Gasteiger partial charge in [0, 0.05) is 18.4 Å². The van der Waals surface area contributed by atoms with Crippen molar-refractivity contribution in [3.63, 3.8) is 0 Å². The van der Waals surface area contributed by atoms with Crippen LogP contribution in [0.1, 0.15) is 37.7 Å². The molecule has 0 bridgehead atoms. The van der Waals surface area contributed by atoms with Gasteiger partial charge in [-0.2, -0.15) is 0 Å². The highest BCUT2D eigenvalue weighted by atomic mass is 14.9. The molecule has 0 aliphatic heterocycles. The number of hydrogen-bond acceptors (Lipinski definition) is 2. The summed E-state index contributed by atoms with van der Waals surface area (Å²) in [6.45, 7) is 1.25. The molecule has 17 heavy (non-hydrogen) atoms. The predicted octanol–water partition coefficient (Wildman–Crippen LogP) is 2.79. The van der Waals surface area contributed by atoms with Gasteiger partial charge in [-0.25, -0.2) is 0 Å². The number of aromatic nitrogens is 1. The van der Waals surface area contributed by atoms with Gasteiger partial charge in [0.2, 0.25) is 0 Å². The molecule has 1 aromatic heterocycles. The molecule has 1 N–H and O–H groups in total. The Hall–Kier alpha value is -0.890. The van der Waals surface area contributed by atoms with Crippen molar-refractivity contribution in [2.24, 2.45) is 11.8 Å². The molecule has 2 fully saturated rings. The van der Waals surface area contributed by atoms with Crippen LogP contribution in [0, 0.1) is 11.8 Å². The molecular weight excluding hydrogens is 208 g/mol. The molecule has 0 spiro atoms. The molecule has 2 unspecified atom stereocenters. The second-order valence-electron chi connectivity index (χ2n) is 5.69. The van der Waals surface area contributed by atoms with E-state index in [1.807, 2.05) is 12.4 Å². The highest BCUT2D eigenvalue weighted by Gasteiger charge is 2.29. The summed E-state index contributed by atoms with van der Waals surface area (Å²) in [6.07, 6.45) is 12.2. The van der Waals surface area contributed by atoms with Crippen LogP contribution >= 0.6 is 0 Å². The third kappa shape index (κ3) is 3.06. The van der Waals surface area contributed by atoms with Crippen LogP contribution in [0.2, 0.25) is 0 Å². The molecule has 2 aliphatic carbocycles. The summed E-state index contributed by atoms with van der Waals surface area (Å²) >= 11 is 0. The maximum absolute atomic E-state index is 4.09. The van der Waals surface area contributed by atoms with Gasteiger partial charge in [-0.1, -0.05) is 6.42 Å². The fraction of sp³-hybridized carbons (Fsp3) is 0.667. The monoisotopic (exact) mass is 230 g/mol. The highest BCUT2D eigenvalue weighted by Crippen LogP contribution is 2.34. The average molecular weight is 230 g/mol. The molecule has 0 aromatic carbocycles. The van der Waals surface area contributed by atoms with E-state index in [1.165, 1.54) is 50.6 Å². The SMILES string of the molecule is c1cc(CC2CCCC2CNC2CC2)ccn1. The Kier molecular flexibility index (Phi) is 3.41. The summed E-state index contributed by atoms with van der Waals surface area (Å²) in [5.41, 5.74) is 1.46. The average Bonchev–Trinajstić information content (AvgIpc) is 3.09. The number of hydrogen-bond donors (Lipinski definition) is 1.